The van der Waals surface area contributed by atoms with Crippen LogP contribution in [0.1, 0.15) is 22.9 Å². The molecule has 32 heavy (non-hydrogen) atoms. The third-order valence-corrected chi connectivity index (χ3v) is 5.50. The lowest BCUT2D eigenvalue weighted by molar-refractivity contribution is -0.119. The smallest absolute Gasteiger partial charge is 0.177 e. The van der Waals surface area contributed by atoms with E-state index < -0.39 is 12.0 Å². The second-order valence-corrected chi connectivity index (χ2v) is 7.91. The number of ether oxygens (including phenoxy) is 1. The molecule has 1 saturated heterocycles. The molecule has 3 heterocycles. The quantitative estimate of drug-likeness (QED) is 0.283. The summed E-state index contributed by atoms with van der Waals surface area (Å²) in [7, 11) is 0. The molecule has 11 heteroatoms. The van der Waals surface area contributed by atoms with Crippen LogP contribution < -0.4 is 21.1 Å². The number of Topliss-reactive ketones (excluding diaryl/α,β-unsaturated/α-hetero) is 1. The zero-order chi connectivity index (χ0) is 23.0. The molecule has 3 aromatic rings. The Balaban J connectivity index is 1.59. The number of halogens is 3. The van der Waals surface area contributed by atoms with Gasteiger partial charge in [0.25, 0.3) is 0 Å². The Labute approximate surface area is 192 Å². The van der Waals surface area contributed by atoms with Gasteiger partial charge in [-0.15, -0.1) is 0 Å². The number of anilines is 2. The van der Waals surface area contributed by atoms with E-state index in [1.165, 1.54) is 24.7 Å². The molecule has 0 amide bonds. The summed E-state index contributed by atoms with van der Waals surface area (Å²) < 4.78 is 20.1. The zero-order valence-electron chi connectivity index (χ0n) is 16.5. The number of nitrogens with zero attached hydrogens (tertiary/aromatic N) is 3. The van der Waals surface area contributed by atoms with Crippen molar-refractivity contribution in [3.63, 3.8) is 0 Å². The summed E-state index contributed by atoms with van der Waals surface area (Å²) in [6.07, 6.45) is 3.00. The highest BCUT2D eigenvalue weighted by Crippen LogP contribution is 2.33. The average Bonchev–Trinajstić information content (AvgIpc) is 2.73. The topological polar surface area (TPSA) is 131 Å². The monoisotopic (exact) mass is 474 g/mol. The Morgan fingerprint density at radius 3 is 2.47 bits per heavy atom. The summed E-state index contributed by atoms with van der Waals surface area (Å²) in [5, 5.41) is 8.86. The molecule has 2 aromatic heterocycles. The minimum Gasteiger partial charge on any atom is -0.468 e. The summed E-state index contributed by atoms with van der Waals surface area (Å²) >= 11 is 12.2. The van der Waals surface area contributed by atoms with E-state index in [1.807, 2.05) is 4.90 Å². The first-order valence-electron chi connectivity index (χ1n) is 9.36. The van der Waals surface area contributed by atoms with Gasteiger partial charge in [0, 0.05) is 47.0 Å². The molecule has 0 bridgehead atoms. The number of pyridine rings is 2. The molecule has 4 rings (SSSR count). The fourth-order valence-corrected chi connectivity index (χ4v) is 3.76. The summed E-state index contributed by atoms with van der Waals surface area (Å²) in [6.45, 7) is 0.641. The summed E-state index contributed by atoms with van der Waals surface area (Å²) in [6, 6.07) is 5.73. The van der Waals surface area contributed by atoms with Crippen molar-refractivity contribution in [3.05, 3.63) is 75.4 Å². The number of hydrogen-bond donors (Lipinski definition) is 3. The first-order chi connectivity index (χ1) is 15.2. The van der Waals surface area contributed by atoms with E-state index in [-0.39, 0.29) is 44.1 Å². The van der Waals surface area contributed by atoms with Crippen LogP contribution in [0.25, 0.3) is 0 Å². The van der Waals surface area contributed by atoms with Gasteiger partial charge in [0.15, 0.2) is 23.6 Å². The number of hydrogen-bond acceptors (Lipinski definition) is 8. The van der Waals surface area contributed by atoms with Gasteiger partial charge in [-0.25, -0.2) is 9.37 Å². The molecule has 1 aliphatic heterocycles. The Kier molecular flexibility index (Phi) is 5.96. The van der Waals surface area contributed by atoms with E-state index in [0.717, 1.165) is 6.07 Å². The third kappa shape index (κ3) is 4.22. The minimum absolute atomic E-state index is 0.0135. The maximum absolute atomic E-state index is 14.5. The average molecular weight is 475 g/mol. The van der Waals surface area contributed by atoms with E-state index in [4.69, 9.17) is 44.8 Å². The first-order valence-corrected chi connectivity index (χ1v) is 10.1. The van der Waals surface area contributed by atoms with Crippen LogP contribution in [0.5, 0.6) is 5.75 Å². The second kappa shape index (κ2) is 8.70. The van der Waals surface area contributed by atoms with Gasteiger partial charge >= 0.3 is 0 Å². The third-order valence-electron chi connectivity index (χ3n) is 4.90. The van der Waals surface area contributed by atoms with Crippen molar-refractivity contribution < 1.29 is 13.9 Å². The summed E-state index contributed by atoms with van der Waals surface area (Å²) in [5.74, 6) is -0.206. The van der Waals surface area contributed by atoms with Crippen LogP contribution in [-0.2, 0) is 4.79 Å². The Hall–Kier alpha value is -3.27. The number of carbonyl (C=O) groups is 1. The van der Waals surface area contributed by atoms with Crippen LogP contribution in [0.15, 0.2) is 42.9 Å². The van der Waals surface area contributed by atoms with Crippen LogP contribution in [-0.4, -0.2) is 34.6 Å². The molecular formula is C21H17Cl2FN6O2. The molecule has 0 spiro atoms. The standard InChI is InChI=1S/C21H17Cl2FN6O2/c22-13-6-28-7-14(23)19(13)21(27)32-17-3-12(16(25)4-15(17)24)20(26)10-1-2-18(29-5-10)30-8-11(31)9-30/h1-7,21,26H,8-9,25,27H2/t21-/m0/s1. The van der Waals surface area contributed by atoms with Crippen molar-refractivity contribution in [2.24, 2.45) is 5.73 Å². The highest BCUT2D eigenvalue weighted by atomic mass is 35.5. The first kappa shape index (κ1) is 21.9. The van der Waals surface area contributed by atoms with E-state index in [9.17, 15) is 9.18 Å². The van der Waals surface area contributed by atoms with Crippen LogP contribution in [0.2, 0.25) is 10.0 Å². The van der Waals surface area contributed by atoms with Crippen molar-refractivity contribution in [1.29, 1.82) is 5.41 Å². The Morgan fingerprint density at radius 1 is 1.19 bits per heavy atom. The maximum Gasteiger partial charge on any atom is 0.177 e. The number of nitrogen functional groups attached to an aromatic ring is 1. The largest absolute Gasteiger partial charge is 0.468 e. The molecule has 0 unspecified atom stereocenters. The predicted molar refractivity (Wildman–Crippen MR) is 120 cm³/mol. The molecule has 1 atom stereocenters. The van der Waals surface area contributed by atoms with E-state index in [2.05, 4.69) is 9.97 Å². The van der Waals surface area contributed by atoms with Crippen molar-refractivity contribution in [2.45, 2.75) is 6.23 Å². The van der Waals surface area contributed by atoms with Gasteiger partial charge < -0.3 is 15.4 Å². The Bertz CT molecular complexity index is 1190. The Morgan fingerprint density at radius 2 is 1.88 bits per heavy atom. The highest BCUT2D eigenvalue weighted by Gasteiger charge is 2.25. The number of carbonyl (C=O) groups excluding carboxylic acids is 1. The predicted octanol–water partition coefficient (Wildman–Crippen LogP) is 3.35. The molecule has 0 radical (unpaired) electrons. The van der Waals surface area contributed by atoms with Gasteiger partial charge in [0.05, 0.1) is 28.8 Å². The lowest BCUT2D eigenvalue weighted by atomic mass is 10.0. The van der Waals surface area contributed by atoms with Crippen LogP contribution in [0.4, 0.5) is 15.9 Å². The van der Waals surface area contributed by atoms with Crippen LogP contribution in [0.3, 0.4) is 0 Å². The maximum atomic E-state index is 14.5. The number of aromatic nitrogens is 2. The number of nitrogens with two attached hydrogens (primary N) is 2. The summed E-state index contributed by atoms with van der Waals surface area (Å²) in [5.41, 5.74) is 13.0. The molecule has 164 valence electrons. The lowest BCUT2D eigenvalue weighted by Gasteiger charge is -2.30. The van der Waals surface area contributed by atoms with Gasteiger partial charge in [0.2, 0.25) is 0 Å². The number of rotatable bonds is 6. The van der Waals surface area contributed by atoms with Crippen LogP contribution in [0, 0.1) is 11.2 Å². The van der Waals surface area contributed by atoms with Crippen molar-refractivity contribution in [3.8, 4) is 5.75 Å². The molecule has 1 fully saturated rings. The number of ketones is 1. The van der Waals surface area contributed by atoms with E-state index in [1.54, 1.807) is 12.1 Å². The highest BCUT2D eigenvalue weighted by molar-refractivity contribution is 6.35. The number of benzene rings is 1. The van der Waals surface area contributed by atoms with Crippen molar-refractivity contribution in [1.82, 2.24) is 9.97 Å². The number of nitrogens with one attached hydrogen (secondary N) is 1. The van der Waals surface area contributed by atoms with E-state index >= 15 is 0 Å². The SMILES string of the molecule is N=C(c1ccc(N2CC(=O)C2)nc1)c1cc(O[C@H](N)c2c(Cl)cncc2Cl)c(F)cc1N. The molecule has 1 aromatic carbocycles. The minimum atomic E-state index is -1.18. The van der Waals surface area contributed by atoms with Gasteiger partial charge in [-0.1, -0.05) is 23.2 Å². The van der Waals surface area contributed by atoms with Gasteiger partial charge in [-0.05, 0) is 18.2 Å². The fourth-order valence-electron chi connectivity index (χ4n) is 3.18. The fraction of sp³-hybridized carbons (Fsp3) is 0.143. The van der Waals surface area contributed by atoms with Crippen molar-refractivity contribution in [2.75, 3.05) is 23.7 Å². The van der Waals surface area contributed by atoms with Gasteiger partial charge in [0.1, 0.15) is 5.82 Å². The van der Waals surface area contributed by atoms with Crippen LogP contribution >= 0.6 is 23.2 Å². The lowest BCUT2D eigenvalue weighted by Crippen LogP contribution is -2.47. The molecule has 8 nitrogen and oxygen atoms in total. The second-order valence-electron chi connectivity index (χ2n) is 7.10. The van der Waals surface area contributed by atoms with Crippen molar-refractivity contribution >= 4 is 46.2 Å². The normalized spacial score (nSPS) is 14.1. The molecule has 5 N–H and O–H groups in total. The molecule has 0 saturated carbocycles. The molecule has 1 aliphatic rings. The molecule has 0 aliphatic carbocycles. The van der Waals surface area contributed by atoms with Gasteiger partial charge in [-0.3, -0.25) is 20.9 Å². The molecular weight excluding hydrogens is 458 g/mol. The zero-order valence-corrected chi connectivity index (χ0v) is 18.0. The van der Waals surface area contributed by atoms with E-state index in [0.29, 0.717) is 24.5 Å². The van der Waals surface area contributed by atoms with Gasteiger partial charge in [-0.2, -0.15) is 0 Å². The summed E-state index contributed by atoms with van der Waals surface area (Å²) in [4.78, 5) is 21.1.